The molecule has 0 aromatic rings. The monoisotopic (exact) mass is 532 g/mol. The zero-order chi connectivity index (χ0) is 31.2. The van der Waals surface area contributed by atoms with Crippen molar-refractivity contribution in [3.05, 3.63) is 96.8 Å². The van der Waals surface area contributed by atoms with Crippen molar-refractivity contribution < 1.29 is 4.39 Å². The summed E-state index contributed by atoms with van der Waals surface area (Å²) in [6.45, 7) is 40.1. The van der Waals surface area contributed by atoms with Crippen molar-refractivity contribution in [2.45, 2.75) is 115 Å². The summed E-state index contributed by atoms with van der Waals surface area (Å²) in [5.41, 5.74) is 8.23. The van der Waals surface area contributed by atoms with Crippen molar-refractivity contribution >= 4 is 0 Å². The summed E-state index contributed by atoms with van der Waals surface area (Å²) in [6, 6.07) is 0. The average Bonchev–Trinajstić information content (AvgIpc) is 2.91. The highest BCUT2D eigenvalue weighted by Gasteiger charge is 2.14. The Morgan fingerprint density at radius 3 is 1.82 bits per heavy atom. The fraction of sp³-hybridized carbons (Fsp3) is 0.556. The van der Waals surface area contributed by atoms with Crippen LogP contribution in [0, 0.1) is 5.41 Å². The van der Waals surface area contributed by atoms with Crippen molar-refractivity contribution in [2.24, 2.45) is 5.41 Å². The summed E-state index contributed by atoms with van der Waals surface area (Å²) < 4.78 is 10.3. The van der Waals surface area contributed by atoms with E-state index in [1.807, 2.05) is 39.2 Å². The first-order valence-corrected chi connectivity index (χ1v) is 14.3. The Morgan fingerprint density at radius 1 is 1.03 bits per heavy atom. The Morgan fingerprint density at radius 2 is 1.47 bits per heavy atom. The molecule has 0 aromatic carbocycles. The first-order chi connectivity index (χ1) is 17.9. The van der Waals surface area contributed by atoms with Gasteiger partial charge in [-0.2, -0.15) is 0 Å². The molecular formula is C36H66FN. The van der Waals surface area contributed by atoms with Gasteiger partial charge >= 0.3 is 0 Å². The molecule has 0 saturated carbocycles. The van der Waals surface area contributed by atoms with Crippen LogP contribution in [0.15, 0.2) is 96.8 Å². The highest BCUT2D eigenvalue weighted by Crippen LogP contribution is 2.31. The summed E-state index contributed by atoms with van der Waals surface area (Å²) in [5.74, 6) is 0. The molecule has 0 bridgehead atoms. The minimum absolute atomic E-state index is 0.126. The lowest BCUT2D eigenvalue weighted by molar-refractivity contribution is 0.480. The fourth-order valence-corrected chi connectivity index (χ4v) is 3.16. The number of allylic oxidation sites excluding steroid dienone is 10. The Labute approximate surface area is 240 Å². The van der Waals surface area contributed by atoms with E-state index in [1.54, 1.807) is 5.57 Å². The Bertz CT molecular complexity index is 712. The molecule has 38 heavy (non-hydrogen) atoms. The van der Waals surface area contributed by atoms with Crippen LogP contribution >= 0.6 is 0 Å². The third-order valence-electron chi connectivity index (χ3n) is 5.29. The van der Waals surface area contributed by atoms with Gasteiger partial charge < -0.3 is 5.32 Å². The molecule has 1 rings (SSSR count). The molecule has 222 valence electrons. The largest absolute Gasteiger partial charge is 0.394 e. The highest BCUT2D eigenvalue weighted by atomic mass is 19.1. The molecule has 2 heteroatoms. The lowest BCUT2D eigenvalue weighted by Crippen LogP contribution is -2.09. The molecule has 1 aliphatic rings. The molecule has 0 saturated heterocycles. The van der Waals surface area contributed by atoms with Gasteiger partial charge in [-0.1, -0.05) is 96.6 Å². The topological polar surface area (TPSA) is 12.0 Å². The summed E-state index contributed by atoms with van der Waals surface area (Å²) in [6.07, 6.45) is 17.6. The van der Waals surface area contributed by atoms with Gasteiger partial charge in [0.2, 0.25) is 0 Å². The Hall–Kier alpha value is -2.35. The van der Waals surface area contributed by atoms with Crippen molar-refractivity contribution in [3.8, 4) is 0 Å². The zero-order valence-corrected chi connectivity index (χ0v) is 27.7. The molecule has 0 amide bonds. The number of rotatable bonds is 8. The van der Waals surface area contributed by atoms with Gasteiger partial charge in [-0.3, -0.25) is 4.39 Å². The second kappa shape index (κ2) is 32.7. The van der Waals surface area contributed by atoms with Crippen LogP contribution in [0.3, 0.4) is 0 Å². The first-order valence-electron chi connectivity index (χ1n) is 14.3. The van der Waals surface area contributed by atoms with Crippen LogP contribution < -0.4 is 5.32 Å². The highest BCUT2D eigenvalue weighted by molar-refractivity contribution is 5.46. The minimum Gasteiger partial charge on any atom is -0.394 e. The van der Waals surface area contributed by atoms with E-state index < -0.39 is 0 Å². The second-order valence-electron chi connectivity index (χ2n) is 9.36. The van der Waals surface area contributed by atoms with E-state index in [1.165, 1.54) is 66.9 Å². The zero-order valence-electron chi connectivity index (χ0n) is 27.7. The van der Waals surface area contributed by atoms with Crippen molar-refractivity contribution in [1.29, 1.82) is 0 Å². The second-order valence-corrected chi connectivity index (χ2v) is 9.36. The van der Waals surface area contributed by atoms with Gasteiger partial charge in [-0.15, -0.1) is 19.7 Å². The average molecular weight is 532 g/mol. The normalized spacial score (nSPS) is 13.1. The van der Waals surface area contributed by atoms with Crippen LogP contribution in [-0.4, -0.2) is 13.7 Å². The predicted molar refractivity (Wildman–Crippen MR) is 180 cm³/mol. The molecule has 0 heterocycles. The summed E-state index contributed by atoms with van der Waals surface area (Å²) >= 11 is 0. The number of hydrogen-bond acceptors (Lipinski definition) is 1. The van der Waals surface area contributed by atoms with Crippen LogP contribution in [0.5, 0.6) is 0 Å². The third kappa shape index (κ3) is 28.2. The van der Waals surface area contributed by atoms with Crippen LogP contribution in [0.4, 0.5) is 4.39 Å². The van der Waals surface area contributed by atoms with Crippen LogP contribution in [0.2, 0.25) is 0 Å². The van der Waals surface area contributed by atoms with Gasteiger partial charge in [-0.05, 0) is 101 Å². The van der Waals surface area contributed by atoms with E-state index in [4.69, 9.17) is 0 Å². The molecule has 1 nitrogen and oxygen atoms in total. The van der Waals surface area contributed by atoms with Crippen LogP contribution in [0.1, 0.15) is 115 Å². The molecule has 0 spiro atoms. The maximum Gasteiger partial charge on any atom is 0.0866 e. The van der Waals surface area contributed by atoms with E-state index in [-0.39, 0.29) is 12.1 Å². The van der Waals surface area contributed by atoms with Crippen molar-refractivity contribution in [1.82, 2.24) is 5.32 Å². The quantitative estimate of drug-likeness (QED) is 0.242. The number of nitrogens with one attached hydrogen (secondary N) is 1. The summed E-state index contributed by atoms with van der Waals surface area (Å²) in [5, 5.41) is 3.07. The first kappa shape index (κ1) is 45.6. The SMILES string of the molecule is C=C.C=C(C1=C(C)CCCC1)/C(C)=C\C.C=C/C(C)=C\C(=C\NC)CC(C)(C)C=C.CC.CCC.CCF. The van der Waals surface area contributed by atoms with Gasteiger partial charge in [0.05, 0.1) is 6.67 Å². The Balaban J connectivity index is -0.000000143. The molecule has 1 aliphatic carbocycles. The smallest absolute Gasteiger partial charge is 0.0866 e. The van der Waals surface area contributed by atoms with E-state index in [0.717, 1.165) is 6.42 Å². The molecule has 0 aliphatic heterocycles. The molecular weight excluding hydrogens is 465 g/mol. The lowest BCUT2D eigenvalue weighted by atomic mass is 9.85. The summed E-state index contributed by atoms with van der Waals surface area (Å²) in [7, 11) is 1.91. The van der Waals surface area contributed by atoms with Crippen molar-refractivity contribution in [2.75, 3.05) is 13.7 Å². The Kier molecular flexibility index (Phi) is 39.2. The molecule has 0 radical (unpaired) electrons. The van der Waals surface area contributed by atoms with Crippen LogP contribution in [-0.2, 0) is 0 Å². The van der Waals surface area contributed by atoms with Gasteiger partial charge in [0.25, 0.3) is 0 Å². The number of halogens is 1. The molecule has 1 N–H and O–H groups in total. The fourth-order valence-electron chi connectivity index (χ4n) is 3.16. The molecule has 0 fully saturated rings. The van der Waals surface area contributed by atoms with Crippen molar-refractivity contribution in [3.63, 3.8) is 0 Å². The van der Waals surface area contributed by atoms with Gasteiger partial charge in [-0.25, -0.2) is 0 Å². The van der Waals surface area contributed by atoms with E-state index in [9.17, 15) is 4.39 Å². The molecule has 0 atom stereocenters. The van der Waals surface area contributed by atoms with Gasteiger partial charge in [0.15, 0.2) is 0 Å². The van der Waals surface area contributed by atoms with Crippen LogP contribution in [0.25, 0.3) is 0 Å². The predicted octanol–water partition coefficient (Wildman–Crippen LogP) is 12.4. The van der Waals surface area contributed by atoms with Gasteiger partial charge in [0, 0.05) is 7.05 Å². The standard InChI is InChI=1S/C14H23N.C13H20.C3H8.C2H5F.C2H6.C2H4/c1-7-12(3)9-13(11-15-6)10-14(4,5)8-2;1-5-10(2)12(4)13-9-7-6-8-11(13)3;1-3-2;1-2-3;2*1-2/h7-9,11,15H,1-2,10H2,3-6H3;5H,4,6-9H2,1-3H3;3H2,1-2H3;2H2,1H3;1-2H3;1-2H2/b12-9-,13-11-;10-5-;;;;. The third-order valence-corrected chi connectivity index (χ3v) is 5.29. The number of alkyl halides is 1. The maximum absolute atomic E-state index is 10.3. The minimum atomic E-state index is -0.250. The number of hydrogen-bond donors (Lipinski definition) is 1. The maximum atomic E-state index is 10.3. The lowest BCUT2D eigenvalue weighted by Gasteiger charge is -2.20. The van der Waals surface area contributed by atoms with Gasteiger partial charge in [0.1, 0.15) is 0 Å². The van der Waals surface area contributed by atoms with E-state index in [0.29, 0.717) is 0 Å². The van der Waals surface area contributed by atoms with E-state index >= 15 is 0 Å². The molecule has 0 aromatic heterocycles. The van der Waals surface area contributed by atoms with E-state index in [2.05, 4.69) is 106 Å². The summed E-state index contributed by atoms with van der Waals surface area (Å²) in [4.78, 5) is 0. The molecule has 0 unspecified atom stereocenters.